The zero-order valence-electron chi connectivity index (χ0n) is 14.1. The maximum Gasteiger partial charge on any atom is 0.0972 e. The van der Waals surface area contributed by atoms with Crippen LogP contribution in [0.25, 0.3) is 5.69 Å². The van der Waals surface area contributed by atoms with Crippen molar-refractivity contribution in [1.29, 1.82) is 0 Å². The minimum atomic E-state index is -0.407. The van der Waals surface area contributed by atoms with Gasteiger partial charge in [0, 0.05) is 31.9 Å². The summed E-state index contributed by atoms with van der Waals surface area (Å²) >= 11 is 0. The van der Waals surface area contributed by atoms with Gasteiger partial charge in [0.15, 0.2) is 0 Å². The summed E-state index contributed by atoms with van der Waals surface area (Å²) in [5, 5.41) is 14.7. The van der Waals surface area contributed by atoms with Gasteiger partial charge in [-0.05, 0) is 38.5 Å². The first kappa shape index (κ1) is 16.2. The lowest BCUT2D eigenvalue weighted by atomic mass is 10.1. The predicted molar refractivity (Wildman–Crippen MR) is 89.7 cm³/mol. The standard InChI is InChI=1S/C18H25N3O2/c1-4-23-18-12-20(11-17(18)22)10-15-7-5-6-8-16(15)21-14(3)9-13(2)19-21/h5-9,17-18,22H,4,10-12H2,1-3H3/t17-,18-/m0/s1. The van der Waals surface area contributed by atoms with Crippen LogP contribution in [0.1, 0.15) is 23.9 Å². The fourth-order valence-corrected chi connectivity index (χ4v) is 3.30. The Morgan fingerprint density at radius 2 is 2.04 bits per heavy atom. The SMILES string of the molecule is CCO[C@H]1CN(Cc2ccccc2-n2nc(C)cc2C)C[C@@H]1O. The topological polar surface area (TPSA) is 50.5 Å². The first-order valence-electron chi connectivity index (χ1n) is 8.22. The summed E-state index contributed by atoms with van der Waals surface area (Å²) in [6, 6.07) is 10.4. The Bertz CT molecular complexity index is 668. The number of para-hydroxylation sites is 1. The van der Waals surface area contributed by atoms with Crippen LogP contribution in [0.15, 0.2) is 30.3 Å². The highest BCUT2D eigenvalue weighted by Crippen LogP contribution is 2.22. The number of hydrogen-bond donors (Lipinski definition) is 1. The van der Waals surface area contributed by atoms with Gasteiger partial charge in [0.2, 0.25) is 0 Å². The van der Waals surface area contributed by atoms with E-state index in [1.165, 1.54) is 5.56 Å². The lowest BCUT2D eigenvalue weighted by molar-refractivity contribution is -0.00245. The summed E-state index contributed by atoms with van der Waals surface area (Å²) < 4.78 is 7.61. The van der Waals surface area contributed by atoms with Gasteiger partial charge in [0.05, 0.1) is 23.6 Å². The van der Waals surface area contributed by atoms with E-state index in [1.807, 2.05) is 24.6 Å². The Morgan fingerprint density at radius 1 is 1.26 bits per heavy atom. The second-order valence-electron chi connectivity index (χ2n) is 6.22. The van der Waals surface area contributed by atoms with E-state index in [2.05, 4.69) is 41.2 Å². The minimum absolute atomic E-state index is 0.0825. The van der Waals surface area contributed by atoms with Crippen LogP contribution in [0.5, 0.6) is 0 Å². The van der Waals surface area contributed by atoms with Crippen molar-refractivity contribution < 1.29 is 9.84 Å². The number of aromatic nitrogens is 2. The van der Waals surface area contributed by atoms with Crippen molar-refractivity contribution >= 4 is 0 Å². The molecule has 23 heavy (non-hydrogen) atoms. The van der Waals surface area contributed by atoms with Crippen molar-refractivity contribution in [2.45, 2.75) is 39.5 Å². The van der Waals surface area contributed by atoms with E-state index in [0.717, 1.165) is 30.2 Å². The highest BCUT2D eigenvalue weighted by Gasteiger charge is 2.31. The molecule has 3 rings (SSSR count). The molecule has 1 saturated heterocycles. The third kappa shape index (κ3) is 3.47. The van der Waals surface area contributed by atoms with Crippen LogP contribution in [-0.2, 0) is 11.3 Å². The van der Waals surface area contributed by atoms with E-state index < -0.39 is 6.10 Å². The molecule has 0 amide bonds. The van der Waals surface area contributed by atoms with Crippen molar-refractivity contribution in [1.82, 2.24) is 14.7 Å². The Kier molecular flexibility index (Phi) is 4.80. The van der Waals surface area contributed by atoms with E-state index in [9.17, 15) is 5.11 Å². The lowest BCUT2D eigenvalue weighted by Gasteiger charge is -2.18. The quantitative estimate of drug-likeness (QED) is 0.918. The molecule has 5 nitrogen and oxygen atoms in total. The molecule has 124 valence electrons. The normalized spacial score (nSPS) is 21.9. The fraction of sp³-hybridized carbons (Fsp3) is 0.500. The van der Waals surface area contributed by atoms with Crippen LogP contribution in [0.3, 0.4) is 0 Å². The molecule has 1 N–H and O–H groups in total. The average Bonchev–Trinajstić information content (AvgIpc) is 3.02. The maximum atomic E-state index is 10.1. The number of nitrogens with zero attached hydrogens (tertiary/aromatic N) is 3. The molecule has 1 aromatic heterocycles. The van der Waals surface area contributed by atoms with Crippen LogP contribution in [0.4, 0.5) is 0 Å². The minimum Gasteiger partial charge on any atom is -0.389 e. The number of aryl methyl sites for hydroxylation is 2. The van der Waals surface area contributed by atoms with E-state index in [4.69, 9.17) is 4.74 Å². The Balaban J connectivity index is 1.81. The van der Waals surface area contributed by atoms with Gasteiger partial charge in [-0.3, -0.25) is 4.90 Å². The van der Waals surface area contributed by atoms with Crippen LogP contribution in [-0.4, -0.2) is 51.7 Å². The molecule has 2 atom stereocenters. The van der Waals surface area contributed by atoms with Crippen molar-refractivity contribution in [2.24, 2.45) is 0 Å². The summed E-state index contributed by atoms with van der Waals surface area (Å²) in [5.74, 6) is 0. The molecule has 0 aliphatic carbocycles. The van der Waals surface area contributed by atoms with Crippen LogP contribution in [0.2, 0.25) is 0 Å². The van der Waals surface area contributed by atoms with Crippen LogP contribution in [0, 0.1) is 13.8 Å². The monoisotopic (exact) mass is 315 g/mol. The summed E-state index contributed by atoms with van der Waals surface area (Å²) in [5.41, 5.74) is 4.46. The molecule has 1 aromatic carbocycles. The molecular formula is C18H25N3O2. The molecule has 0 bridgehead atoms. The molecular weight excluding hydrogens is 290 g/mol. The van der Waals surface area contributed by atoms with E-state index in [1.54, 1.807) is 0 Å². The Labute approximate surface area is 137 Å². The summed E-state index contributed by atoms with van der Waals surface area (Å²) in [6.07, 6.45) is -0.489. The third-order valence-electron chi connectivity index (χ3n) is 4.32. The number of aliphatic hydroxyl groups is 1. The zero-order valence-corrected chi connectivity index (χ0v) is 14.1. The smallest absolute Gasteiger partial charge is 0.0972 e. The van der Waals surface area contributed by atoms with Gasteiger partial charge in [-0.2, -0.15) is 5.10 Å². The van der Waals surface area contributed by atoms with Crippen LogP contribution >= 0.6 is 0 Å². The molecule has 0 spiro atoms. The van der Waals surface area contributed by atoms with E-state index in [0.29, 0.717) is 13.2 Å². The number of ether oxygens (including phenoxy) is 1. The van der Waals surface area contributed by atoms with E-state index >= 15 is 0 Å². The molecule has 1 aliphatic heterocycles. The average molecular weight is 315 g/mol. The van der Waals surface area contributed by atoms with Gasteiger partial charge < -0.3 is 9.84 Å². The second kappa shape index (κ2) is 6.83. The van der Waals surface area contributed by atoms with Gasteiger partial charge in [-0.15, -0.1) is 0 Å². The highest BCUT2D eigenvalue weighted by molar-refractivity contribution is 5.42. The summed E-state index contributed by atoms with van der Waals surface area (Å²) in [6.45, 7) is 8.88. The number of hydrogen-bond acceptors (Lipinski definition) is 4. The fourth-order valence-electron chi connectivity index (χ4n) is 3.30. The van der Waals surface area contributed by atoms with Crippen LogP contribution < -0.4 is 0 Å². The molecule has 2 heterocycles. The molecule has 1 aliphatic rings. The molecule has 0 saturated carbocycles. The zero-order chi connectivity index (χ0) is 16.4. The molecule has 5 heteroatoms. The lowest BCUT2D eigenvalue weighted by Crippen LogP contribution is -2.26. The van der Waals surface area contributed by atoms with Gasteiger partial charge in [-0.1, -0.05) is 18.2 Å². The maximum absolute atomic E-state index is 10.1. The Hall–Kier alpha value is -1.69. The van der Waals surface area contributed by atoms with Gasteiger partial charge in [0.1, 0.15) is 0 Å². The van der Waals surface area contributed by atoms with Crippen molar-refractivity contribution in [3.05, 3.63) is 47.3 Å². The Morgan fingerprint density at radius 3 is 2.74 bits per heavy atom. The summed E-state index contributed by atoms with van der Waals surface area (Å²) in [7, 11) is 0. The van der Waals surface area contributed by atoms with Gasteiger partial charge in [-0.25, -0.2) is 4.68 Å². The van der Waals surface area contributed by atoms with E-state index in [-0.39, 0.29) is 6.10 Å². The molecule has 2 aromatic rings. The number of aliphatic hydroxyl groups excluding tert-OH is 1. The van der Waals surface area contributed by atoms with Crippen molar-refractivity contribution in [3.8, 4) is 5.69 Å². The number of benzene rings is 1. The predicted octanol–water partition coefficient (Wildman–Crippen LogP) is 2.07. The molecule has 1 fully saturated rings. The van der Waals surface area contributed by atoms with Gasteiger partial charge >= 0.3 is 0 Å². The second-order valence-corrected chi connectivity index (χ2v) is 6.22. The first-order valence-corrected chi connectivity index (χ1v) is 8.22. The number of likely N-dealkylation sites (tertiary alicyclic amines) is 1. The third-order valence-corrected chi connectivity index (χ3v) is 4.32. The molecule has 0 radical (unpaired) electrons. The number of rotatable bonds is 5. The molecule has 0 unspecified atom stereocenters. The number of β-amino-alcohol motifs (C(OH)–C–C–N with tert-alkyl or cyclic N) is 1. The summed E-state index contributed by atoms with van der Waals surface area (Å²) in [4.78, 5) is 2.25. The van der Waals surface area contributed by atoms with Crippen molar-refractivity contribution in [2.75, 3.05) is 19.7 Å². The largest absolute Gasteiger partial charge is 0.389 e. The highest BCUT2D eigenvalue weighted by atomic mass is 16.5. The first-order chi connectivity index (χ1) is 11.1. The van der Waals surface area contributed by atoms with Gasteiger partial charge in [0.25, 0.3) is 0 Å². The van der Waals surface area contributed by atoms with Crippen molar-refractivity contribution in [3.63, 3.8) is 0 Å².